The first-order chi connectivity index (χ1) is 12.6. The highest BCUT2D eigenvalue weighted by Gasteiger charge is 2.25. The van der Waals surface area contributed by atoms with Crippen molar-refractivity contribution in [1.82, 2.24) is 4.90 Å². The molecule has 1 N–H and O–H groups in total. The number of anilines is 2. The van der Waals surface area contributed by atoms with Crippen molar-refractivity contribution in [1.29, 1.82) is 5.26 Å². The summed E-state index contributed by atoms with van der Waals surface area (Å²) >= 11 is 0. The van der Waals surface area contributed by atoms with Gasteiger partial charge >= 0.3 is 0 Å². The molecule has 1 atom stereocenters. The Labute approximate surface area is 152 Å². The number of nitrogens with one attached hydrogen (secondary N) is 1. The fourth-order valence-electron chi connectivity index (χ4n) is 3.06. The standard InChI is InChI=1S/C20H21FN4O/c1-15(20(26)23-18-6-2-16(14-22)3-7-18)24-10-12-25(13-11-24)19-8-4-17(21)5-9-19/h2-9,15H,10-13H2,1H3,(H,23,26)/t15-/m0/s1. The molecule has 1 heterocycles. The van der Waals surface area contributed by atoms with Gasteiger partial charge in [-0.3, -0.25) is 9.69 Å². The van der Waals surface area contributed by atoms with Crippen LogP contribution in [0.15, 0.2) is 48.5 Å². The number of hydrogen-bond acceptors (Lipinski definition) is 4. The Bertz CT molecular complexity index is 790. The molecular formula is C20H21FN4O. The minimum absolute atomic E-state index is 0.0649. The average Bonchev–Trinajstić information content (AvgIpc) is 2.69. The quantitative estimate of drug-likeness (QED) is 0.919. The second-order valence-corrected chi connectivity index (χ2v) is 6.35. The monoisotopic (exact) mass is 352 g/mol. The van der Waals surface area contributed by atoms with Gasteiger partial charge in [0.1, 0.15) is 5.82 Å². The zero-order chi connectivity index (χ0) is 18.5. The molecule has 0 bridgehead atoms. The molecule has 26 heavy (non-hydrogen) atoms. The fourth-order valence-corrected chi connectivity index (χ4v) is 3.06. The van der Waals surface area contributed by atoms with E-state index in [1.54, 1.807) is 36.4 Å². The van der Waals surface area contributed by atoms with Gasteiger partial charge in [0.05, 0.1) is 17.7 Å². The van der Waals surface area contributed by atoms with Gasteiger partial charge in [-0.25, -0.2) is 4.39 Å². The molecule has 6 heteroatoms. The number of nitriles is 1. The van der Waals surface area contributed by atoms with Crippen LogP contribution in [0.3, 0.4) is 0 Å². The Morgan fingerprint density at radius 1 is 1.08 bits per heavy atom. The molecule has 134 valence electrons. The molecule has 1 saturated heterocycles. The first-order valence-corrected chi connectivity index (χ1v) is 8.62. The van der Waals surface area contributed by atoms with E-state index >= 15 is 0 Å². The molecule has 5 nitrogen and oxygen atoms in total. The van der Waals surface area contributed by atoms with Crippen molar-refractivity contribution in [3.05, 3.63) is 59.9 Å². The predicted molar refractivity (Wildman–Crippen MR) is 99.4 cm³/mol. The number of hydrogen-bond donors (Lipinski definition) is 1. The molecule has 2 aromatic carbocycles. The van der Waals surface area contributed by atoms with Crippen molar-refractivity contribution in [2.45, 2.75) is 13.0 Å². The third kappa shape index (κ3) is 4.19. The third-order valence-electron chi connectivity index (χ3n) is 4.71. The average molecular weight is 352 g/mol. The number of benzene rings is 2. The molecule has 0 aromatic heterocycles. The summed E-state index contributed by atoms with van der Waals surface area (Å²) in [6, 6.07) is 15.1. The lowest BCUT2D eigenvalue weighted by Crippen LogP contribution is -2.52. The van der Waals surface area contributed by atoms with Crippen LogP contribution in [0, 0.1) is 17.1 Å². The Kier molecular flexibility index (Phi) is 5.49. The summed E-state index contributed by atoms with van der Waals surface area (Å²) in [4.78, 5) is 16.8. The number of piperazine rings is 1. The van der Waals surface area contributed by atoms with E-state index in [1.807, 2.05) is 6.92 Å². The van der Waals surface area contributed by atoms with Crippen LogP contribution in [-0.2, 0) is 4.79 Å². The summed E-state index contributed by atoms with van der Waals surface area (Å²) < 4.78 is 13.0. The molecule has 2 aromatic rings. The second-order valence-electron chi connectivity index (χ2n) is 6.35. The van der Waals surface area contributed by atoms with Crippen LogP contribution in [-0.4, -0.2) is 43.0 Å². The number of carbonyl (C=O) groups is 1. The number of carbonyl (C=O) groups excluding carboxylic acids is 1. The molecule has 0 radical (unpaired) electrons. The van der Waals surface area contributed by atoms with Crippen LogP contribution in [0.1, 0.15) is 12.5 Å². The summed E-state index contributed by atoms with van der Waals surface area (Å²) in [7, 11) is 0. The zero-order valence-electron chi connectivity index (χ0n) is 14.7. The molecule has 1 aliphatic heterocycles. The maximum absolute atomic E-state index is 13.0. The van der Waals surface area contributed by atoms with Gasteiger partial charge in [-0.05, 0) is 55.5 Å². The fraction of sp³-hybridized carbons (Fsp3) is 0.300. The number of halogens is 1. The SMILES string of the molecule is C[C@@H](C(=O)Nc1ccc(C#N)cc1)N1CCN(c2ccc(F)cc2)CC1. The van der Waals surface area contributed by atoms with Crippen molar-refractivity contribution in [3.63, 3.8) is 0 Å². The number of amides is 1. The van der Waals surface area contributed by atoms with E-state index in [0.717, 1.165) is 31.9 Å². The Balaban J connectivity index is 1.53. The molecule has 1 aliphatic rings. The molecule has 1 fully saturated rings. The van der Waals surface area contributed by atoms with E-state index < -0.39 is 0 Å². The van der Waals surface area contributed by atoms with Crippen molar-refractivity contribution >= 4 is 17.3 Å². The highest BCUT2D eigenvalue weighted by Crippen LogP contribution is 2.18. The van der Waals surface area contributed by atoms with Gasteiger partial charge in [0, 0.05) is 37.6 Å². The van der Waals surface area contributed by atoms with Crippen LogP contribution in [0.2, 0.25) is 0 Å². The summed E-state index contributed by atoms with van der Waals surface area (Å²) in [5.74, 6) is -0.301. The lowest BCUT2D eigenvalue weighted by Gasteiger charge is -2.38. The van der Waals surface area contributed by atoms with E-state index in [4.69, 9.17) is 5.26 Å². The summed E-state index contributed by atoms with van der Waals surface area (Å²) in [5.41, 5.74) is 2.25. The summed E-state index contributed by atoms with van der Waals surface area (Å²) in [5, 5.41) is 11.7. The summed E-state index contributed by atoms with van der Waals surface area (Å²) in [6.07, 6.45) is 0. The normalized spacial score (nSPS) is 16.0. The van der Waals surface area contributed by atoms with Crippen LogP contribution in [0.5, 0.6) is 0 Å². The topological polar surface area (TPSA) is 59.4 Å². The molecule has 0 aliphatic carbocycles. The predicted octanol–water partition coefficient (Wildman–Crippen LogP) is 2.85. The van der Waals surface area contributed by atoms with Gasteiger partial charge in [0.15, 0.2) is 0 Å². The van der Waals surface area contributed by atoms with Gasteiger partial charge < -0.3 is 10.2 Å². The second kappa shape index (κ2) is 7.98. The molecule has 0 spiro atoms. The largest absolute Gasteiger partial charge is 0.369 e. The van der Waals surface area contributed by atoms with Crippen molar-refractivity contribution < 1.29 is 9.18 Å². The Morgan fingerprint density at radius 3 is 2.27 bits per heavy atom. The molecule has 1 amide bonds. The van der Waals surface area contributed by atoms with Gasteiger partial charge in [-0.1, -0.05) is 0 Å². The molecule has 0 unspecified atom stereocenters. The Morgan fingerprint density at radius 2 is 1.69 bits per heavy atom. The van der Waals surface area contributed by atoms with Crippen molar-refractivity contribution in [2.24, 2.45) is 0 Å². The van der Waals surface area contributed by atoms with Crippen LogP contribution < -0.4 is 10.2 Å². The van der Waals surface area contributed by atoms with Crippen LogP contribution >= 0.6 is 0 Å². The number of nitrogens with zero attached hydrogens (tertiary/aromatic N) is 3. The lowest BCUT2D eigenvalue weighted by atomic mass is 10.2. The van der Waals surface area contributed by atoms with E-state index in [9.17, 15) is 9.18 Å². The van der Waals surface area contributed by atoms with Gasteiger partial charge in [0.2, 0.25) is 5.91 Å². The molecule has 0 saturated carbocycles. The first-order valence-electron chi connectivity index (χ1n) is 8.62. The molecule has 3 rings (SSSR count). The Hall–Kier alpha value is -2.91. The maximum atomic E-state index is 13.0. The minimum Gasteiger partial charge on any atom is -0.369 e. The third-order valence-corrected chi connectivity index (χ3v) is 4.71. The lowest BCUT2D eigenvalue weighted by molar-refractivity contribution is -0.120. The van der Waals surface area contributed by atoms with Crippen molar-refractivity contribution in [2.75, 3.05) is 36.4 Å². The van der Waals surface area contributed by atoms with Gasteiger partial charge in [-0.15, -0.1) is 0 Å². The van der Waals surface area contributed by atoms with E-state index in [0.29, 0.717) is 11.3 Å². The van der Waals surface area contributed by atoms with Crippen molar-refractivity contribution in [3.8, 4) is 6.07 Å². The first kappa shape index (κ1) is 17.9. The maximum Gasteiger partial charge on any atom is 0.241 e. The molecular weight excluding hydrogens is 331 g/mol. The van der Waals surface area contributed by atoms with E-state index in [1.165, 1.54) is 12.1 Å². The van der Waals surface area contributed by atoms with Gasteiger partial charge in [0.25, 0.3) is 0 Å². The highest BCUT2D eigenvalue weighted by molar-refractivity contribution is 5.94. The van der Waals surface area contributed by atoms with Crippen LogP contribution in [0.25, 0.3) is 0 Å². The smallest absolute Gasteiger partial charge is 0.241 e. The summed E-state index contributed by atoms with van der Waals surface area (Å²) in [6.45, 7) is 5.01. The van der Waals surface area contributed by atoms with Gasteiger partial charge in [-0.2, -0.15) is 5.26 Å². The highest BCUT2D eigenvalue weighted by atomic mass is 19.1. The van der Waals surface area contributed by atoms with E-state index in [-0.39, 0.29) is 17.8 Å². The zero-order valence-corrected chi connectivity index (χ0v) is 14.7. The number of rotatable bonds is 4. The van der Waals surface area contributed by atoms with Crippen LogP contribution in [0.4, 0.5) is 15.8 Å². The van der Waals surface area contributed by atoms with E-state index in [2.05, 4.69) is 21.2 Å². The minimum atomic E-state index is -0.249.